The summed E-state index contributed by atoms with van der Waals surface area (Å²) < 4.78 is 9.84. The molecule has 0 aromatic heterocycles. The third-order valence-electron chi connectivity index (χ3n) is 3.19. The summed E-state index contributed by atoms with van der Waals surface area (Å²) in [6.07, 6.45) is 4.69. The lowest BCUT2D eigenvalue weighted by atomic mass is 10.2. The van der Waals surface area contributed by atoms with E-state index in [0.717, 1.165) is 12.8 Å². The molecule has 0 atom stereocenters. The van der Waals surface area contributed by atoms with Gasteiger partial charge in [-0.05, 0) is 30.7 Å². The van der Waals surface area contributed by atoms with Crippen molar-refractivity contribution in [2.45, 2.75) is 39.0 Å². The number of nitrogens with one attached hydrogen (secondary N) is 2. The lowest BCUT2D eigenvalue weighted by Crippen LogP contribution is -2.41. The molecule has 1 aromatic carbocycles. The Morgan fingerprint density at radius 3 is 2.46 bits per heavy atom. The van der Waals surface area contributed by atoms with Crippen LogP contribution in [0.25, 0.3) is 0 Å². The van der Waals surface area contributed by atoms with Crippen molar-refractivity contribution in [3.05, 3.63) is 29.8 Å². The molecule has 0 aliphatic heterocycles. The molecule has 0 saturated carbocycles. The molecule has 0 bridgehead atoms. The van der Waals surface area contributed by atoms with Crippen LogP contribution in [0.5, 0.6) is 5.75 Å². The number of hydrogen-bond acceptors (Lipinski definition) is 4. The van der Waals surface area contributed by atoms with Gasteiger partial charge in [-0.15, -0.1) is 0 Å². The van der Waals surface area contributed by atoms with Gasteiger partial charge in [-0.25, -0.2) is 10.2 Å². The minimum atomic E-state index is -0.753. The molecule has 0 heterocycles. The second-order valence-corrected chi connectivity index (χ2v) is 5.05. The molecule has 6 nitrogen and oxygen atoms in total. The van der Waals surface area contributed by atoms with Crippen molar-refractivity contribution in [2.24, 2.45) is 0 Å². The molecule has 2 amide bonds. The fraction of sp³-hybridized carbons (Fsp3) is 0.444. The summed E-state index contributed by atoms with van der Waals surface area (Å²) >= 11 is 0. The molecule has 0 radical (unpaired) electrons. The summed E-state index contributed by atoms with van der Waals surface area (Å²) in [6.45, 7) is 2.16. The second-order valence-electron chi connectivity index (χ2n) is 5.05. The van der Waals surface area contributed by atoms with Crippen molar-refractivity contribution in [3.8, 4) is 17.6 Å². The van der Waals surface area contributed by atoms with Crippen LogP contribution in [0.4, 0.5) is 4.79 Å². The lowest BCUT2D eigenvalue weighted by molar-refractivity contribution is 0.0916. The lowest BCUT2D eigenvalue weighted by Gasteiger charge is -2.07. The third kappa shape index (κ3) is 8.08. The highest BCUT2D eigenvalue weighted by molar-refractivity contribution is 5.95. The van der Waals surface area contributed by atoms with Gasteiger partial charge in [0.1, 0.15) is 5.75 Å². The molecule has 0 fully saturated rings. The van der Waals surface area contributed by atoms with Gasteiger partial charge in [0.05, 0.1) is 7.11 Å². The first-order valence-corrected chi connectivity index (χ1v) is 8.00. The van der Waals surface area contributed by atoms with Crippen LogP contribution < -0.4 is 15.6 Å². The molecule has 0 saturated heterocycles. The van der Waals surface area contributed by atoms with E-state index in [4.69, 9.17) is 9.47 Å². The van der Waals surface area contributed by atoms with E-state index >= 15 is 0 Å². The fourth-order valence-electron chi connectivity index (χ4n) is 1.84. The van der Waals surface area contributed by atoms with Crippen molar-refractivity contribution < 1.29 is 19.1 Å². The van der Waals surface area contributed by atoms with Crippen LogP contribution in [0.2, 0.25) is 0 Å². The van der Waals surface area contributed by atoms with E-state index in [-0.39, 0.29) is 6.61 Å². The maximum atomic E-state index is 11.8. The molecule has 1 aromatic rings. The van der Waals surface area contributed by atoms with E-state index in [1.165, 1.54) is 19.3 Å². The molecular weight excluding hydrogens is 308 g/mol. The number of methoxy groups -OCH3 is 1. The third-order valence-corrected chi connectivity index (χ3v) is 3.19. The smallest absolute Gasteiger partial charge is 0.427 e. The summed E-state index contributed by atoms with van der Waals surface area (Å²) in [6, 6.07) is 6.49. The summed E-state index contributed by atoms with van der Waals surface area (Å²) in [5.74, 6) is 5.91. The Hall–Kier alpha value is -2.68. The van der Waals surface area contributed by atoms with Crippen molar-refractivity contribution in [3.63, 3.8) is 0 Å². The Morgan fingerprint density at radius 1 is 1.04 bits per heavy atom. The monoisotopic (exact) mass is 332 g/mol. The van der Waals surface area contributed by atoms with Gasteiger partial charge >= 0.3 is 6.09 Å². The van der Waals surface area contributed by atoms with Crippen LogP contribution in [0.1, 0.15) is 49.4 Å². The van der Waals surface area contributed by atoms with Crippen molar-refractivity contribution in [1.82, 2.24) is 10.9 Å². The van der Waals surface area contributed by atoms with Crippen LogP contribution in [0, 0.1) is 11.8 Å². The first kappa shape index (κ1) is 19.4. The predicted molar refractivity (Wildman–Crippen MR) is 91.5 cm³/mol. The number of amides is 2. The minimum Gasteiger partial charge on any atom is -0.497 e. The number of hydrazine groups is 1. The van der Waals surface area contributed by atoms with E-state index in [1.807, 2.05) is 0 Å². The van der Waals surface area contributed by atoms with E-state index in [9.17, 15) is 9.59 Å². The normalized spacial score (nSPS) is 9.42. The van der Waals surface area contributed by atoms with Gasteiger partial charge in [-0.3, -0.25) is 10.2 Å². The number of carbonyl (C=O) groups is 2. The maximum Gasteiger partial charge on any atom is 0.427 e. The molecule has 1 rings (SSSR count). The summed E-state index contributed by atoms with van der Waals surface area (Å²) in [4.78, 5) is 23.2. The summed E-state index contributed by atoms with van der Waals surface area (Å²) in [7, 11) is 1.54. The molecule has 6 heteroatoms. The molecule has 0 aliphatic rings. The maximum absolute atomic E-state index is 11.8. The zero-order valence-corrected chi connectivity index (χ0v) is 14.2. The van der Waals surface area contributed by atoms with Crippen LogP contribution >= 0.6 is 0 Å². The second kappa shape index (κ2) is 11.8. The highest BCUT2D eigenvalue weighted by Gasteiger charge is 2.07. The Morgan fingerprint density at radius 2 is 1.79 bits per heavy atom. The number of carbonyl (C=O) groups excluding carboxylic acids is 2. The molecule has 2 N–H and O–H groups in total. The van der Waals surface area contributed by atoms with Crippen LogP contribution in [-0.2, 0) is 4.74 Å². The predicted octanol–water partition coefficient (Wildman–Crippen LogP) is 3.04. The van der Waals surface area contributed by atoms with Gasteiger partial charge in [-0.1, -0.05) is 38.0 Å². The number of unbranched alkanes of at least 4 members (excludes halogenated alkanes) is 4. The van der Waals surface area contributed by atoms with Crippen molar-refractivity contribution in [1.29, 1.82) is 0 Å². The highest BCUT2D eigenvalue weighted by Crippen LogP contribution is 2.10. The number of ether oxygens (including phenoxy) is 2. The highest BCUT2D eigenvalue weighted by atomic mass is 16.6. The molecule has 0 aliphatic carbocycles. The number of benzene rings is 1. The Balaban J connectivity index is 2.18. The zero-order valence-electron chi connectivity index (χ0n) is 14.2. The van der Waals surface area contributed by atoms with Gasteiger partial charge < -0.3 is 9.47 Å². The van der Waals surface area contributed by atoms with E-state index in [1.54, 1.807) is 31.4 Å². The molecular formula is C18H24N2O4. The fourth-order valence-corrected chi connectivity index (χ4v) is 1.84. The van der Waals surface area contributed by atoms with Gasteiger partial charge in [0, 0.05) is 12.0 Å². The largest absolute Gasteiger partial charge is 0.497 e. The molecule has 0 spiro atoms. The van der Waals surface area contributed by atoms with Crippen molar-refractivity contribution in [2.75, 3.05) is 13.7 Å². The van der Waals surface area contributed by atoms with Gasteiger partial charge in [0.2, 0.25) is 0 Å². The van der Waals surface area contributed by atoms with E-state index in [0.29, 0.717) is 11.3 Å². The van der Waals surface area contributed by atoms with Crippen LogP contribution in [0.3, 0.4) is 0 Å². The topological polar surface area (TPSA) is 76.7 Å². The zero-order chi connectivity index (χ0) is 17.6. The van der Waals surface area contributed by atoms with E-state index in [2.05, 4.69) is 29.6 Å². The molecule has 24 heavy (non-hydrogen) atoms. The molecule has 0 unspecified atom stereocenters. The summed E-state index contributed by atoms with van der Waals surface area (Å²) in [5.41, 5.74) is 4.82. The first-order valence-electron chi connectivity index (χ1n) is 8.00. The average molecular weight is 332 g/mol. The Bertz CT molecular complexity index is 573. The van der Waals surface area contributed by atoms with Crippen LogP contribution in [-0.4, -0.2) is 25.7 Å². The Kier molecular flexibility index (Phi) is 9.55. The Labute approximate surface area is 142 Å². The average Bonchev–Trinajstić information content (AvgIpc) is 2.62. The van der Waals surface area contributed by atoms with Gasteiger partial charge in [-0.2, -0.15) is 0 Å². The first-order chi connectivity index (χ1) is 11.7. The minimum absolute atomic E-state index is 0.00197. The standard InChI is InChI=1S/C18H24N2O4/c1-3-4-5-6-7-8-9-14-24-18(22)20-19-17(21)15-10-12-16(23-2)13-11-15/h10-13H,3-7,14H2,1-2H3,(H,19,21)(H,20,22). The van der Waals surface area contributed by atoms with E-state index < -0.39 is 12.0 Å². The van der Waals surface area contributed by atoms with Crippen LogP contribution in [0.15, 0.2) is 24.3 Å². The quantitative estimate of drug-likeness (QED) is 0.457. The number of rotatable bonds is 7. The van der Waals surface area contributed by atoms with Gasteiger partial charge in [0.15, 0.2) is 6.61 Å². The summed E-state index contributed by atoms with van der Waals surface area (Å²) in [5, 5.41) is 0. The number of hydrogen-bond donors (Lipinski definition) is 2. The SMILES string of the molecule is CCCCCCC#CCOC(=O)NNC(=O)c1ccc(OC)cc1. The molecule has 130 valence electrons. The van der Waals surface area contributed by atoms with Crippen molar-refractivity contribution >= 4 is 12.0 Å². The van der Waals surface area contributed by atoms with Gasteiger partial charge in [0.25, 0.3) is 5.91 Å².